The zero-order chi connectivity index (χ0) is 9.73. The summed E-state index contributed by atoms with van der Waals surface area (Å²) in [6.45, 7) is 8.15. The fraction of sp³-hybridized carbons (Fsp3) is 1.00. The molecular formula is C10H20O3. The predicted octanol–water partition coefficient (Wildman–Crippen LogP) is 1.95. The molecule has 0 saturated carbocycles. The molecule has 0 radical (unpaired) electrons. The number of unbranched alkanes of at least 4 members (excludes halogenated alkanes) is 1. The smallest absolute Gasteiger partial charge is 0.163 e. The summed E-state index contributed by atoms with van der Waals surface area (Å²) >= 11 is 0. The van der Waals surface area contributed by atoms with Gasteiger partial charge in [0.25, 0.3) is 0 Å². The Kier molecular flexibility index (Phi) is 4.16. The molecule has 0 aromatic heterocycles. The molecule has 0 aromatic carbocycles. The molecule has 1 fully saturated rings. The van der Waals surface area contributed by atoms with Crippen LogP contribution in [0.2, 0.25) is 0 Å². The lowest BCUT2D eigenvalue weighted by Crippen LogP contribution is -2.24. The maximum Gasteiger partial charge on any atom is 0.163 e. The second-order valence-corrected chi connectivity index (χ2v) is 3.88. The lowest BCUT2D eigenvalue weighted by Gasteiger charge is -2.16. The van der Waals surface area contributed by atoms with E-state index in [1.54, 1.807) is 0 Å². The molecule has 0 amide bonds. The van der Waals surface area contributed by atoms with Crippen LogP contribution in [0.25, 0.3) is 0 Å². The minimum atomic E-state index is -0.418. The van der Waals surface area contributed by atoms with Crippen LogP contribution in [0.3, 0.4) is 0 Å². The van der Waals surface area contributed by atoms with Gasteiger partial charge in [-0.3, -0.25) is 0 Å². The zero-order valence-electron chi connectivity index (χ0n) is 8.84. The second kappa shape index (κ2) is 4.94. The monoisotopic (exact) mass is 188 g/mol. The molecule has 0 aliphatic carbocycles. The number of hydrogen-bond donors (Lipinski definition) is 0. The number of rotatable bonds is 5. The van der Waals surface area contributed by atoms with Gasteiger partial charge in [-0.1, -0.05) is 13.3 Å². The van der Waals surface area contributed by atoms with Crippen molar-refractivity contribution in [2.45, 2.75) is 45.5 Å². The molecule has 0 aromatic rings. The Bertz CT molecular complexity index is 145. The largest absolute Gasteiger partial charge is 0.379 e. The summed E-state index contributed by atoms with van der Waals surface area (Å²) in [5.74, 6) is -0.418. The second-order valence-electron chi connectivity index (χ2n) is 3.88. The van der Waals surface area contributed by atoms with Gasteiger partial charge in [0.1, 0.15) is 6.10 Å². The highest BCUT2D eigenvalue weighted by molar-refractivity contribution is 4.69. The van der Waals surface area contributed by atoms with E-state index in [1.807, 2.05) is 13.8 Å². The van der Waals surface area contributed by atoms with Crippen molar-refractivity contribution in [1.82, 2.24) is 0 Å². The molecule has 0 unspecified atom stereocenters. The van der Waals surface area contributed by atoms with Crippen molar-refractivity contribution in [2.75, 3.05) is 19.8 Å². The first-order valence-corrected chi connectivity index (χ1v) is 5.03. The van der Waals surface area contributed by atoms with Crippen molar-refractivity contribution < 1.29 is 14.2 Å². The van der Waals surface area contributed by atoms with Crippen molar-refractivity contribution in [3.63, 3.8) is 0 Å². The molecule has 1 atom stereocenters. The number of ether oxygens (including phenoxy) is 3. The van der Waals surface area contributed by atoms with Crippen LogP contribution in [0.15, 0.2) is 0 Å². The molecule has 1 saturated heterocycles. The van der Waals surface area contributed by atoms with Crippen LogP contribution < -0.4 is 0 Å². The Balaban J connectivity index is 2.04. The van der Waals surface area contributed by atoms with Crippen molar-refractivity contribution in [2.24, 2.45) is 0 Å². The summed E-state index contributed by atoms with van der Waals surface area (Å²) in [5.41, 5.74) is 0. The minimum absolute atomic E-state index is 0.117. The van der Waals surface area contributed by atoms with E-state index in [1.165, 1.54) is 6.42 Å². The zero-order valence-corrected chi connectivity index (χ0v) is 8.84. The SMILES string of the molecule is CCCCOC[C@@H]1COC(C)(C)O1. The van der Waals surface area contributed by atoms with Gasteiger partial charge < -0.3 is 14.2 Å². The van der Waals surface area contributed by atoms with Crippen LogP contribution in [0.4, 0.5) is 0 Å². The van der Waals surface area contributed by atoms with Gasteiger partial charge in [0.15, 0.2) is 5.79 Å². The number of hydrogen-bond acceptors (Lipinski definition) is 3. The Morgan fingerprint density at radius 2 is 2.23 bits per heavy atom. The fourth-order valence-electron chi connectivity index (χ4n) is 1.31. The first kappa shape index (κ1) is 11.0. The van der Waals surface area contributed by atoms with E-state index in [2.05, 4.69) is 6.92 Å². The van der Waals surface area contributed by atoms with E-state index >= 15 is 0 Å². The maximum atomic E-state index is 5.58. The van der Waals surface area contributed by atoms with Crippen molar-refractivity contribution in [1.29, 1.82) is 0 Å². The van der Waals surface area contributed by atoms with Crippen LogP contribution in [0.1, 0.15) is 33.6 Å². The Morgan fingerprint density at radius 3 is 2.77 bits per heavy atom. The maximum absolute atomic E-state index is 5.58. The van der Waals surface area contributed by atoms with Crippen LogP contribution >= 0.6 is 0 Å². The van der Waals surface area contributed by atoms with E-state index < -0.39 is 5.79 Å². The van der Waals surface area contributed by atoms with Gasteiger partial charge in [-0.15, -0.1) is 0 Å². The molecule has 0 spiro atoms. The fourth-order valence-corrected chi connectivity index (χ4v) is 1.31. The molecule has 1 heterocycles. The van der Waals surface area contributed by atoms with Gasteiger partial charge in [-0.05, 0) is 20.3 Å². The first-order valence-electron chi connectivity index (χ1n) is 5.03. The van der Waals surface area contributed by atoms with Crippen molar-refractivity contribution in [3.8, 4) is 0 Å². The van der Waals surface area contributed by atoms with Gasteiger partial charge in [0.2, 0.25) is 0 Å². The van der Waals surface area contributed by atoms with Crippen LogP contribution in [-0.4, -0.2) is 31.7 Å². The van der Waals surface area contributed by atoms with E-state index in [0.717, 1.165) is 13.0 Å². The lowest BCUT2D eigenvalue weighted by molar-refractivity contribution is -0.145. The van der Waals surface area contributed by atoms with Crippen LogP contribution in [0, 0.1) is 0 Å². The summed E-state index contributed by atoms with van der Waals surface area (Å²) in [6.07, 6.45) is 2.41. The Hall–Kier alpha value is -0.120. The molecule has 1 aliphatic heterocycles. The van der Waals surface area contributed by atoms with Gasteiger partial charge in [0, 0.05) is 6.61 Å². The van der Waals surface area contributed by atoms with E-state index in [4.69, 9.17) is 14.2 Å². The normalized spacial score (nSPS) is 26.5. The third-order valence-electron chi connectivity index (χ3n) is 2.01. The molecule has 78 valence electrons. The lowest BCUT2D eigenvalue weighted by atomic mass is 10.3. The van der Waals surface area contributed by atoms with E-state index in [0.29, 0.717) is 13.2 Å². The van der Waals surface area contributed by atoms with Gasteiger partial charge in [0.05, 0.1) is 13.2 Å². The predicted molar refractivity (Wildman–Crippen MR) is 50.6 cm³/mol. The first-order chi connectivity index (χ1) is 6.14. The average Bonchev–Trinajstić information content (AvgIpc) is 2.40. The summed E-state index contributed by atoms with van der Waals surface area (Å²) in [6, 6.07) is 0. The van der Waals surface area contributed by atoms with Gasteiger partial charge >= 0.3 is 0 Å². The minimum Gasteiger partial charge on any atom is -0.379 e. The quantitative estimate of drug-likeness (QED) is 0.617. The van der Waals surface area contributed by atoms with Gasteiger partial charge in [-0.2, -0.15) is 0 Å². The molecule has 1 aliphatic rings. The standard InChI is InChI=1S/C10H20O3/c1-4-5-6-11-7-9-8-12-10(2,3)13-9/h9H,4-8H2,1-3H3/t9-/m1/s1. The summed E-state index contributed by atoms with van der Waals surface area (Å²) < 4.78 is 16.4. The van der Waals surface area contributed by atoms with E-state index in [-0.39, 0.29) is 6.10 Å². The Labute approximate surface area is 80.4 Å². The average molecular weight is 188 g/mol. The molecule has 0 N–H and O–H groups in total. The third kappa shape index (κ3) is 4.07. The molecule has 13 heavy (non-hydrogen) atoms. The molecule has 0 bridgehead atoms. The highest BCUT2D eigenvalue weighted by Gasteiger charge is 2.32. The highest BCUT2D eigenvalue weighted by Crippen LogP contribution is 2.22. The third-order valence-corrected chi connectivity index (χ3v) is 2.01. The summed E-state index contributed by atoms with van der Waals surface area (Å²) in [4.78, 5) is 0. The van der Waals surface area contributed by atoms with Crippen LogP contribution in [-0.2, 0) is 14.2 Å². The molecular weight excluding hydrogens is 168 g/mol. The topological polar surface area (TPSA) is 27.7 Å². The Morgan fingerprint density at radius 1 is 1.46 bits per heavy atom. The summed E-state index contributed by atoms with van der Waals surface area (Å²) in [7, 11) is 0. The molecule has 1 rings (SSSR count). The molecule has 3 heteroatoms. The van der Waals surface area contributed by atoms with Gasteiger partial charge in [-0.25, -0.2) is 0 Å². The van der Waals surface area contributed by atoms with Crippen LogP contribution in [0.5, 0.6) is 0 Å². The van der Waals surface area contributed by atoms with Crippen molar-refractivity contribution >= 4 is 0 Å². The van der Waals surface area contributed by atoms with Crippen molar-refractivity contribution in [3.05, 3.63) is 0 Å². The molecule has 3 nitrogen and oxygen atoms in total. The summed E-state index contributed by atoms with van der Waals surface area (Å²) in [5, 5.41) is 0. The van der Waals surface area contributed by atoms with E-state index in [9.17, 15) is 0 Å². The highest BCUT2D eigenvalue weighted by atomic mass is 16.7.